The van der Waals surface area contributed by atoms with E-state index in [0.29, 0.717) is 0 Å². The van der Waals surface area contributed by atoms with Crippen LogP contribution in [0.5, 0.6) is 0 Å². The Bertz CT molecular complexity index is 2220. The molecule has 0 aliphatic heterocycles. The van der Waals surface area contributed by atoms with Crippen LogP contribution in [0, 0.1) is 0 Å². The smallest absolute Gasteiger partial charge is 0.0972 e. The molecule has 0 radical (unpaired) electrons. The molecule has 2 nitrogen and oxygen atoms in total. The molecule has 0 aliphatic rings. The Morgan fingerprint density at radius 1 is 0.286 bits per heavy atom. The first-order chi connectivity index (χ1) is 20.8. The van der Waals surface area contributed by atoms with Gasteiger partial charge in [0, 0.05) is 21.9 Å². The van der Waals surface area contributed by atoms with Crippen LogP contribution in [0.2, 0.25) is 0 Å². The Morgan fingerprint density at radius 3 is 1.19 bits per heavy atom. The zero-order valence-corrected chi connectivity index (χ0v) is 22.9. The van der Waals surface area contributed by atoms with Crippen LogP contribution in [-0.2, 0) is 0 Å². The summed E-state index contributed by atoms with van der Waals surface area (Å²) in [5, 5.41) is 4.69. The summed E-state index contributed by atoms with van der Waals surface area (Å²) in [6.07, 6.45) is 0. The summed E-state index contributed by atoms with van der Waals surface area (Å²) in [5.74, 6) is 0. The molecule has 0 aliphatic carbocycles. The quantitative estimate of drug-likeness (QED) is 0.210. The van der Waals surface area contributed by atoms with E-state index in [-0.39, 0.29) is 0 Å². The van der Waals surface area contributed by atoms with Crippen molar-refractivity contribution in [3.63, 3.8) is 0 Å². The number of hydrogen-bond donors (Lipinski definition) is 0. The topological polar surface area (TPSA) is 25.8 Å². The third-order valence-corrected chi connectivity index (χ3v) is 8.09. The molecule has 0 fully saturated rings. The molecule has 2 heterocycles. The zero-order valence-electron chi connectivity index (χ0n) is 22.9. The third-order valence-electron chi connectivity index (χ3n) is 8.09. The molecule has 0 saturated heterocycles. The van der Waals surface area contributed by atoms with E-state index < -0.39 is 0 Å². The van der Waals surface area contributed by atoms with Crippen molar-refractivity contribution in [1.29, 1.82) is 0 Å². The van der Waals surface area contributed by atoms with Gasteiger partial charge in [-0.3, -0.25) is 0 Å². The SMILES string of the molecule is c1ccc(-c2ccc3ccc4ccc(-c5ccc(-c6ccc(-c7ccccc7)c7ccccc67)cc5)nc4c3n2)cc1. The van der Waals surface area contributed by atoms with Gasteiger partial charge < -0.3 is 0 Å². The molecule has 0 spiro atoms. The molecular formula is C40H26N2. The van der Waals surface area contributed by atoms with Crippen LogP contribution in [-0.4, -0.2) is 9.97 Å². The number of aromatic nitrogens is 2. The van der Waals surface area contributed by atoms with Gasteiger partial charge in [0.1, 0.15) is 0 Å². The molecule has 6 aromatic carbocycles. The fourth-order valence-corrected chi connectivity index (χ4v) is 5.94. The summed E-state index contributed by atoms with van der Waals surface area (Å²) >= 11 is 0. The predicted molar refractivity (Wildman–Crippen MR) is 176 cm³/mol. The van der Waals surface area contributed by atoms with E-state index in [2.05, 4.69) is 140 Å². The van der Waals surface area contributed by atoms with Crippen molar-refractivity contribution >= 4 is 32.6 Å². The predicted octanol–water partition coefficient (Wildman–Crippen LogP) is 10.6. The van der Waals surface area contributed by atoms with Crippen molar-refractivity contribution in [1.82, 2.24) is 9.97 Å². The van der Waals surface area contributed by atoms with Gasteiger partial charge in [0.15, 0.2) is 0 Å². The van der Waals surface area contributed by atoms with Crippen molar-refractivity contribution in [2.24, 2.45) is 0 Å². The highest BCUT2D eigenvalue weighted by Crippen LogP contribution is 2.36. The lowest BCUT2D eigenvalue weighted by atomic mass is 9.92. The fraction of sp³-hybridized carbons (Fsp3) is 0. The number of rotatable bonds is 4. The normalized spacial score (nSPS) is 11.3. The molecule has 0 bridgehead atoms. The van der Waals surface area contributed by atoms with Crippen LogP contribution in [0.4, 0.5) is 0 Å². The van der Waals surface area contributed by atoms with Gasteiger partial charge in [-0.05, 0) is 45.2 Å². The van der Waals surface area contributed by atoms with Crippen LogP contribution in [0.25, 0.3) is 77.3 Å². The highest BCUT2D eigenvalue weighted by atomic mass is 14.8. The maximum Gasteiger partial charge on any atom is 0.0972 e. The molecular weight excluding hydrogens is 508 g/mol. The molecule has 2 heteroatoms. The number of fused-ring (bicyclic) bond motifs is 4. The monoisotopic (exact) mass is 534 g/mol. The zero-order chi connectivity index (χ0) is 27.9. The molecule has 0 atom stereocenters. The van der Waals surface area contributed by atoms with E-state index in [4.69, 9.17) is 9.97 Å². The van der Waals surface area contributed by atoms with E-state index in [1.165, 1.54) is 33.0 Å². The average molecular weight is 535 g/mol. The van der Waals surface area contributed by atoms with Crippen molar-refractivity contribution in [3.05, 3.63) is 158 Å². The molecule has 0 unspecified atom stereocenters. The van der Waals surface area contributed by atoms with Crippen molar-refractivity contribution in [3.8, 4) is 44.8 Å². The van der Waals surface area contributed by atoms with Crippen LogP contribution in [0.3, 0.4) is 0 Å². The number of hydrogen-bond acceptors (Lipinski definition) is 2. The molecule has 196 valence electrons. The fourth-order valence-electron chi connectivity index (χ4n) is 5.94. The van der Waals surface area contributed by atoms with Crippen LogP contribution in [0.1, 0.15) is 0 Å². The summed E-state index contributed by atoms with van der Waals surface area (Å²) in [4.78, 5) is 10.2. The highest BCUT2D eigenvalue weighted by molar-refractivity contribution is 6.06. The number of nitrogens with zero attached hydrogens (tertiary/aromatic N) is 2. The van der Waals surface area contributed by atoms with E-state index in [0.717, 1.165) is 44.3 Å². The van der Waals surface area contributed by atoms with Crippen molar-refractivity contribution in [2.75, 3.05) is 0 Å². The van der Waals surface area contributed by atoms with E-state index >= 15 is 0 Å². The largest absolute Gasteiger partial charge is 0.245 e. The lowest BCUT2D eigenvalue weighted by molar-refractivity contribution is 1.36. The minimum Gasteiger partial charge on any atom is -0.245 e. The molecule has 2 aromatic heterocycles. The van der Waals surface area contributed by atoms with Crippen LogP contribution >= 0.6 is 0 Å². The average Bonchev–Trinajstić information content (AvgIpc) is 3.08. The van der Waals surface area contributed by atoms with E-state index in [9.17, 15) is 0 Å². The maximum atomic E-state index is 5.14. The molecule has 42 heavy (non-hydrogen) atoms. The maximum absolute atomic E-state index is 5.14. The highest BCUT2D eigenvalue weighted by Gasteiger charge is 2.11. The third kappa shape index (κ3) is 4.22. The molecule has 0 N–H and O–H groups in total. The second kappa shape index (κ2) is 10.1. The van der Waals surface area contributed by atoms with Gasteiger partial charge in [0.05, 0.1) is 22.4 Å². The second-order valence-electron chi connectivity index (χ2n) is 10.6. The first kappa shape index (κ1) is 24.2. The lowest BCUT2D eigenvalue weighted by Gasteiger charge is -2.13. The number of benzene rings is 6. The Labute approximate surface area is 244 Å². The Balaban J connectivity index is 1.20. The van der Waals surface area contributed by atoms with Gasteiger partial charge in [-0.2, -0.15) is 0 Å². The first-order valence-corrected chi connectivity index (χ1v) is 14.3. The first-order valence-electron chi connectivity index (χ1n) is 14.3. The number of pyridine rings is 2. The summed E-state index contributed by atoms with van der Waals surface area (Å²) in [5.41, 5.74) is 10.8. The van der Waals surface area contributed by atoms with E-state index in [1.807, 2.05) is 18.2 Å². The lowest BCUT2D eigenvalue weighted by Crippen LogP contribution is -1.91. The van der Waals surface area contributed by atoms with Crippen molar-refractivity contribution in [2.45, 2.75) is 0 Å². The minimum absolute atomic E-state index is 0.925. The molecule has 8 aromatic rings. The molecule has 8 rings (SSSR count). The van der Waals surface area contributed by atoms with E-state index in [1.54, 1.807) is 0 Å². The molecule has 0 saturated carbocycles. The molecule has 0 amide bonds. The minimum atomic E-state index is 0.925. The summed E-state index contributed by atoms with van der Waals surface area (Å²) in [6, 6.07) is 55.6. The summed E-state index contributed by atoms with van der Waals surface area (Å²) in [7, 11) is 0. The summed E-state index contributed by atoms with van der Waals surface area (Å²) in [6.45, 7) is 0. The Morgan fingerprint density at radius 2 is 0.667 bits per heavy atom. The van der Waals surface area contributed by atoms with Gasteiger partial charge in [-0.25, -0.2) is 9.97 Å². The summed E-state index contributed by atoms with van der Waals surface area (Å²) < 4.78 is 0. The van der Waals surface area contributed by atoms with Gasteiger partial charge >= 0.3 is 0 Å². The van der Waals surface area contributed by atoms with Crippen LogP contribution in [0.15, 0.2) is 158 Å². The van der Waals surface area contributed by atoms with Gasteiger partial charge in [-0.1, -0.05) is 146 Å². The van der Waals surface area contributed by atoms with Gasteiger partial charge in [0.25, 0.3) is 0 Å². The standard InChI is InChI=1S/C40H26N2/c1-3-9-27(10-4-1)33-23-24-34(36-14-8-7-13-35(33)36)28-15-17-30(18-16-28)38-26-22-32-20-19-31-21-25-37(29-11-5-2-6-12-29)41-39(31)40(32)42-38/h1-26H. The van der Waals surface area contributed by atoms with Crippen molar-refractivity contribution < 1.29 is 0 Å². The van der Waals surface area contributed by atoms with Gasteiger partial charge in [0.2, 0.25) is 0 Å². The van der Waals surface area contributed by atoms with Crippen LogP contribution < -0.4 is 0 Å². The Hall–Kier alpha value is -5.60. The van der Waals surface area contributed by atoms with Gasteiger partial charge in [-0.15, -0.1) is 0 Å². The Kier molecular flexibility index (Phi) is 5.82. The second-order valence-corrected chi connectivity index (χ2v) is 10.6.